The maximum absolute atomic E-state index is 12.9. The van der Waals surface area contributed by atoms with Crippen LogP contribution >= 0.6 is 22.6 Å². The summed E-state index contributed by atoms with van der Waals surface area (Å²) in [6, 6.07) is 5.65. The number of rotatable bonds is 1. The van der Waals surface area contributed by atoms with Gasteiger partial charge in [0.25, 0.3) is 11.8 Å². The minimum absolute atomic E-state index is 0.0712. The van der Waals surface area contributed by atoms with Crippen LogP contribution in [0.15, 0.2) is 18.2 Å². The number of hydrogen-bond donors (Lipinski definition) is 0. The van der Waals surface area contributed by atoms with Gasteiger partial charge in [-0.1, -0.05) is 58.3 Å². The molecule has 0 spiro atoms. The Morgan fingerprint density at radius 2 is 1.40 bits per heavy atom. The largest absolute Gasteiger partial charge is 0.271 e. The number of carbonyl (C=O) groups is 2. The second-order valence-electron chi connectivity index (χ2n) is 7.71. The lowest BCUT2D eigenvalue weighted by Gasteiger charge is -2.27. The van der Waals surface area contributed by atoms with Gasteiger partial charge in [-0.25, -0.2) is 0 Å². The molecule has 3 rings (SSSR count). The molecule has 0 N–H and O–H groups in total. The van der Waals surface area contributed by atoms with E-state index in [4.69, 9.17) is 0 Å². The van der Waals surface area contributed by atoms with Crippen molar-refractivity contribution in [3.8, 4) is 0 Å². The molecule has 1 heterocycles. The molecule has 136 valence electrons. The lowest BCUT2D eigenvalue weighted by atomic mass is 9.92. The minimum atomic E-state index is -0.0814. The van der Waals surface area contributed by atoms with Gasteiger partial charge in [-0.3, -0.25) is 14.5 Å². The molecular weight excluding hydrogens is 425 g/mol. The third kappa shape index (κ3) is 4.44. The van der Waals surface area contributed by atoms with Gasteiger partial charge in [0, 0.05) is 9.61 Å². The highest BCUT2D eigenvalue weighted by Gasteiger charge is 2.39. The third-order valence-electron chi connectivity index (χ3n) is 5.71. The number of halogens is 1. The van der Waals surface area contributed by atoms with Crippen molar-refractivity contribution in [1.82, 2.24) is 4.90 Å². The summed E-state index contributed by atoms with van der Waals surface area (Å²) in [6.07, 6.45) is 11.7. The summed E-state index contributed by atoms with van der Waals surface area (Å²) in [5.41, 5.74) is 1.18. The fourth-order valence-electron chi connectivity index (χ4n) is 4.21. The molecule has 1 aliphatic heterocycles. The van der Waals surface area contributed by atoms with Gasteiger partial charge >= 0.3 is 0 Å². The highest BCUT2D eigenvalue weighted by atomic mass is 127. The van der Waals surface area contributed by atoms with Gasteiger partial charge in [-0.15, -0.1) is 0 Å². The van der Waals surface area contributed by atoms with Crippen molar-refractivity contribution in [2.45, 2.75) is 77.2 Å². The van der Waals surface area contributed by atoms with Crippen LogP contribution in [0.4, 0.5) is 0 Å². The molecule has 1 aliphatic carbocycles. The second-order valence-corrected chi connectivity index (χ2v) is 8.95. The molecule has 2 amide bonds. The number of benzene rings is 1. The van der Waals surface area contributed by atoms with Crippen LogP contribution in [0.1, 0.15) is 91.8 Å². The van der Waals surface area contributed by atoms with E-state index in [-0.39, 0.29) is 17.9 Å². The second kappa shape index (κ2) is 8.65. The first-order chi connectivity index (χ1) is 12.1. The predicted octanol–water partition coefficient (Wildman–Crippen LogP) is 5.81. The van der Waals surface area contributed by atoms with Crippen LogP contribution in [0.2, 0.25) is 0 Å². The zero-order valence-corrected chi connectivity index (χ0v) is 17.3. The molecule has 0 unspecified atom stereocenters. The fraction of sp³-hybridized carbons (Fsp3) is 0.619. The highest BCUT2D eigenvalue weighted by molar-refractivity contribution is 14.1. The fourth-order valence-corrected chi connectivity index (χ4v) is 4.70. The average molecular weight is 453 g/mol. The van der Waals surface area contributed by atoms with Crippen LogP contribution in [-0.2, 0) is 0 Å². The molecule has 0 aromatic heterocycles. The summed E-state index contributed by atoms with van der Waals surface area (Å²) >= 11 is 2.20. The van der Waals surface area contributed by atoms with Crippen molar-refractivity contribution in [2.75, 3.05) is 0 Å². The zero-order valence-electron chi connectivity index (χ0n) is 15.1. The minimum Gasteiger partial charge on any atom is -0.271 e. The first kappa shape index (κ1) is 18.9. The smallest absolute Gasteiger partial charge is 0.261 e. The van der Waals surface area contributed by atoms with Crippen LogP contribution in [0.5, 0.6) is 0 Å². The number of nitrogens with zero attached hydrogens (tertiary/aromatic N) is 1. The van der Waals surface area contributed by atoms with E-state index in [1.54, 1.807) is 4.90 Å². The quantitative estimate of drug-likeness (QED) is 0.398. The van der Waals surface area contributed by atoms with Gasteiger partial charge in [0.05, 0.1) is 11.1 Å². The Balaban J connectivity index is 1.72. The molecule has 0 radical (unpaired) electrons. The van der Waals surface area contributed by atoms with Gasteiger partial charge in [-0.2, -0.15) is 0 Å². The predicted molar refractivity (Wildman–Crippen MR) is 109 cm³/mol. The van der Waals surface area contributed by atoms with E-state index in [0.717, 1.165) is 35.2 Å². The van der Waals surface area contributed by atoms with Gasteiger partial charge in [0.15, 0.2) is 0 Å². The van der Waals surface area contributed by atoms with E-state index in [9.17, 15) is 9.59 Å². The third-order valence-corrected chi connectivity index (χ3v) is 6.38. The van der Waals surface area contributed by atoms with Crippen molar-refractivity contribution in [3.05, 3.63) is 32.9 Å². The lowest BCUT2D eigenvalue weighted by Crippen LogP contribution is -2.40. The molecule has 2 aliphatic rings. The van der Waals surface area contributed by atoms with E-state index >= 15 is 0 Å². The van der Waals surface area contributed by atoms with Crippen LogP contribution in [0, 0.1) is 9.49 Å². The van der Waals surface area contributed by atoms with Crippen molar-refractivity contribution in [1.29, 1.82) is 0 Å². The van der Waals surface area contributed by atoms with E-state index in [1.807, 2.05) is 18.2 Å². The average Bonchev–Trinajstić information content (AvgIpc) is 2.82. The molecule has 1 fully saturated rings. The number of hydrogen-bond acceptors (Lipinski definition) is 2. The van der Waals surface area contributed by atoms with Crippen LogP contribution in [0.3, 0.4) is 0 Å². The Labute approximate surface area is 164 Å². The summed E-state index contributed by atoms with van der Waals surface area (Å²) in [5.74, 6) is 0.681. The summed E-state index contributed by atoms with van der Waals surface area (Å²) in [5, 5.41) is 0. The van der Waals surface area contributed by atoms with Crippen LogP contribution < -0.4 is 0 Å². The monoisotopic (exact) mass is 453 g/mol. The summed E-state index contributed by atoms with van der Waals surface area (Å²) in [4.78, 5) is 27.3. The summed E-state index contributed by atoms with van der Waals surface area (Å²) in [7, 11) is 0. The van der Waals surface area contributed by atoms with Gasteiger partial charge in [0.1, 0.15) is 0 Å². The Morgan fingerprint density at radius 3 is 2.04 bits per heavy atom. The Kier molecular flexibility index (Phi) is 6.53. The molecule has 25 heavy (non-hydrogen) atoms. The maximum atomic E-state index is 12.9. The summed E-state index contributed by atoms with van der Waals surface area (Å²) < 4.78 is 1.01. The lowest BCUT2D eigenvalue weighted by molar-refractivity contribution is 0.0562. The van der Waals surface area contributed by atoms with Crippen LogP contribution in [-0.4, -0.2) is 22.8 Å². The number of imide groups is 1. The van der Waals surface area contributed by atoms with E-state index < -0.39 is 0 Å². The molecule has 3 nitrogen and oxygen atoms in total. The summed E-state index contributed by atoms with van der Waals surface area (Å²) in [6.45, 7) is 2.37. The van der Waals surface area contributed by atoms with E-state index in [0.29, 0.717) is 11.1 Å². The highest BCUT2D eigenvalue weighted by Crippen LogP contribution is 2.30. The van der Waals surface area contributed by atoms with E-state index in [1.165, 1.54) is 38.5 Å². The maximum Gasteiger partial charge on any atom is 0.261 e. The number of carbonyl (C=O) groups excluding carboxylic acids is 2. The SMILES string of the molecule is CC1CCCCCC(N2C(=O)c3ccc(I)cc3C2=O)CCCCC1. The molecule has 0 bridgehead atoms. The molecule has 4 heteroatoms. The van der Waals surface area contributed by atoms with Crippen molar-refractivity contribution < 1.29 is 9.59 Å². The molecule has 1 aromatic carbocycles. The van der Waals surface area contributed by atoms with Crippen molar-refractivity contribution in [2.24, 2.45) is 5.92 Å². The first-order valence-electron chi connectivity index (χ1n) is 9.75. The Bertz CT molecular complexity index is 629. The normalized spacial score (nSPS) is 26.1. The standard InChI is InChI=1S/C21H28INO2/c1-15-8-4-2-6-10-17(11-7-3-5-9-15)23-20(24)18-13-12-16(22)14-19(18)21(23)25/h12-15,17H,2-11H2,1H3. The van der Waals surface area contributed by atoms with Crippen LogP contribution in [0.25, 0.3) is 0 Å². The van der Waals surface area contributed by atoms with Crippen molar-refractivity contribution in [3.63, 3.8) is 0 Å². The van der Waals surface area contributed by atoms with Crippen molar-refractivity contribution >= 4 is 34.4 Å². The molecule has 1 aromatic rings. The van der Waals surface area contributed by atoms with Gasteiger partial charge in [-0.05, 0) is 59.5 Å². The zero-order chi connectivity index (χ0) is 17.8. The number of fused-ring (bicyclic) bond motifs is 1. The molecule has 1 saturated carbocycles. The van der Waals surface area contributed by atoms with Gasteiger partial charge < -0.3 is 0 Å². The first-order valence-corrected chi connectivity index (χ1v) is 10.8. The molecule has 0 saturated heterocycles. The van der Waals surface area contributed by atoms with E-state index in [2.05, 4.69) is 29.5 Å². The molecular formula is C21H28INO2. The Morgan fingerprint density at radius 1 is 0.840 bits per heavy atom. The van der Waals surface area contributed by atoms with Gasteiger partial charge in [0.2, 0.25) is 0 Å². The molecule has 0 atom stereocenters. The number of amides is 2. The Hall–Kier alpha value is -0.910. The topological polar surface area (TPSA) is 37.4 Å².